The first-order chi connectivity index (χ1) is 14.5. The SMILES string of the molecule is CSc1ccc(S(=O)(=O)NCC(=O)OCC(=O)Nc2cc(C)ccc2C)cc1[N+](=O)[O-]. The minimum absolute atomic E-state index is 0.304. The smallest absolute Gasteiger partial charge is 0.321 e. The highest BCUT2D eigenvalue weighted by Crippen LogP contribution is 2.29. The molecule has 0 saturated heterocycles. The molecule has 0 aromatic heterocycles. The molecule has 2 aromatic carbocycles. The van der Waals surface area contributed by atoms with Crippen molar-refractivity contribution in [1.82, 2.24) is 4.72 Å². The number of nitrogens with one attached hydrogen (secondary N) is 2. The fraction of sp³-hybridized carbons (Fsp3) is 0.263. The van der Waals surface area contributed by atoms with Gasteiger partial charge in [-0.05, 0) is 49.4 Å². The molecule has 0 saturated carbocycles. The Bertz CT molecular complexity index is 1120. The number of esters is 1. The summed E-state index contributed by atoms with van der Waals surface area (Å²) in [5.41, 5.74) is 2.00. The number of nitrogens with zero attached hydrogens (tertiary/aromatic N) is 1. The number of hydrogen-bond acceptors (Lipinski definition) is 8. The van der Waals surface area contributed by atoms with Crippen molar-refractivity contribution in [3.05, 3.63) is 57.6 Å². The highest BCUT2D eigenvalue weighted by Gasteiger charge is 2.22. The Hall–Kier alpha value is -2.96. The van der Waals surface area contributed by atoms with Gasteiger partial charge in [0, 0.05) is 11.8 Å². The summed E-state index contributed by atoms with van der Waals surface area (Å²) in [5, 5.41) is 13.7. The molecule has 1 amide bonds. The number of ether oxygens (including phenoxy) is 1. The fourth-order valence-corrected chi connectivity index (χ4v) is 4.01. The van der Waals surface area contributed by atoms with Gasteiger partial charge in [0.25, 0.3) is 11.6 Å². The molecule has 0 bridgehead atoms. The Kier molecular flexibility index (Phi) is 8.14. The molecule has 0 fully saturated rings. The zero-order valence-corrected chi connectivity index (χ0v) is 18.6. The first-order valence-electron chi connectivity index (χ1n) is 8.88. The van der Waals surface area contributed by atoms with Crippen LogP contribution in [0.5, 0.6) is 0 Å². The molecule has 0 aliphatic carbocycles. The van der Waals surface area contributed by atoms with E-state index in [9.17, 15) is 28.1 Å². The summed E-state index contributed by atoms with van der Waals surface area (Å²) in [6.45, 7) is 2.34. The number of anilines is 1. The van der Waals surface area contributed by atoms with E-state index < -0.39 is 40.0 Å². The average Bonchev–Trinajstić information content (AvgIpc) is 2.72. The van der Waals surface area contributed by atoms with E-state index >= 15 is 0 Å². The molecule has 31 heavy (non-hydrogen) atoms. The van der Waals surface area contributed by atoms with Gasteiger partial charge in [0.2, 0.25) is 10.0 Å². The molecule has 0 aliphatic rings. The summed E-state index contributed by atoms with van der Waals surface area (Å²) in [7, 11) is -4.20. The van der Waals surface area contributed by atoms with Crippen LogP contribution in [-0.4, -0.2) is 44.6 Å². The normalized spacial score (nSPS) is 11.1. The van der Waals surface area contributed by atoms with E-state index in [4.69, 9.17) is 4.74 Å². The van der Waals surface area contributed by atoms with Crippen LogP contribution in [0.2, 0.25) is 0 Å². The second-order valence-electron chi connectivity index (χ2n) is 6.44. The third-order valence-electron chi connectivity index (χ3n) is 4.10. The standard InChI is InChI=1S/C19H21N3O7S2/c1-12-4-5-13(2)15(8-12)21-18(23)11-29-19(24)10-20-31(27,28)14-6-7-17(30-3)16(9-14)22(25)26/h4-9,20H,10-11H2,1-3H3,(H,21,23). The van der Waals surface area contributed by atoms with Crippen LogP contribution in [0.15, 0.2) is 46.2 Å². The van der Waals surface area contributed by atoms with E-state index in [1.54, 1.807) is 12.3 Å². The minimum Gasteiger partial charge on any atom is -0.455 e. The van der Waals surface area contributed by atoms with Gasteiger partial charge in [0.15, 0.2) is 6.61 Å². The quantitative estimate of drug-likeness (QED) is 0.247. The van der Waals surface area contributed by atoms with Gasteiger partial charge >= 0.3 is 5.97 Å². The van der Waals surface area contributed by atoms with Crippen molar-refractivity contribution in [1.29, 1.82) is 0 Å². The lowest BCUT2D eigenvalue weighted by Crippen LogP contribution is -2.32. The highest BCUT2D eigenvalue weighted by atomic mass is 32.2. The van der Waals surface area contributed by atoms with E-state index in [2.05, 4.69) is 5.32 Å². The first-order valence-corrected chi connectivity index (χ1v) is 11.6. The minimum atomic E-state index is -4.20. The largest absolute Gasteiger partial charge is 0.455 e. The zero-order chi connectivity index (χ0) is 23.2. The molecule has 0 atom stereocenters. The zero-order valence-electron chi connectivity index (χ0n) is 17.0. The number of amides is 1. The molecule has 2 aromatic rings. The maximum absolute atomic E-state index is 12.3. The molecule has 0 unspecified atom stereocenters. The summed E-state index contributed by atoms with van der Waals surface area (Å²) < 4.78 is 31.5. The second-order valence-corrected chi connectivity index (χ2v) is 9.06. The molecule has 2 N–H and O–H groups in total. The van der Waals surface area contributed by atoms with Crippen LogP contribution < -0.4 is 10.0 Å². The lowest BCUT2D eigenvalue weighted by Gasteiger charge is -2.10. The van der Waals surface area contributed by atoms with Crippen LogP contribution in [0.3, 0.4) is 0 Å². The number of carbonyl (C=O) groups is 2. The summed E-state index contributed by atoms with van der Waals surface area (Å²) in [6.07, 6.45) is 1.63. The molecule has 0 heterocycles. The summed E-state index contributed by atoms with van der Waals surface area (Å²) >= 11 is 1.10. The van der Waals surface area contributed by atoms with Crippen molar-refractivity contribution in [3.8, 4) is 0 Å². The van der Waals surface area contributed by atoms with Crippen molar-refractivity contribution >= 4 is 45.0 Å². The van der Waals surface area contributed by atoms with Gasteiger partial charge < -0.3 is 10.1 Å². The van der Waals surface area contributed by atoms with Gasteiger partial charge in [-0.2, -0.15) is 4.72 Å². The number of nitro benzene ring substituents is 1. The Balaban J connectivity index is 1.93. The molecule has 2 rings (SSSR count). The van der Waals surface area contributed by atoms with E-state index in [1.807, 2.05) is 30.7 Å². The number of rotatable bonds is 9. The van der Waals surface area contributed by atoms with Crippen LogP contribution in [0, 0.1) is 24.0 Å². The third kappa shape index (κ3) is 6.77. The number of benzene rings is 2. The molecule has 0 aliphatic heterocycles. The van der Waals surface area contributed by atoms with Crippen molar-refractivity contribution in [3.63, 3.8) is 0 Å². The van der Waals surface area contributed by atoms with Crippen LogP contribution in [0.25, 0.3) is 0 Å². The lowest BCUT2D eigenvalue weighted by atomic mass is 10.1. The number of sulfonamides is 1. The molecule has 10 nitrogen and oxygen atoms in total. The van der Waals surface area contributed by atoms with E-state index in [-0.39, 0.29) is 10.6 Å². The number of aryl methyl sites for hydroxylation is 2. The van der Waals surface area contributed by atoms with Crippen molar-refractivity contribution < 1.29 is 27.7 Å². The molecular formula is C19H21N3O7S2. The Morgan fingerprint density at radius 2 is 1.87 bits per heavy atom. The Morgan fingerprint density at radius 1 is 1.16 bits per heavy atom. The topological polar surface area (TPSA) is 145 Å². The van der Waals surface area contributed by atoms with Crippen LogP contribution >= 0.6 is 11.8 Å². The van der Waals surface area contributed by atoms with Gasteiger partial charge in [0.1, 0.15) is 6.54 Å². The predicted octanol–water partition coefficient (Wildman–Crippen LogP) is 2.39. The molecule has 12 heteroatoms. The van der Waals surface area contributed by atoms with E-state index in [0.717, 1.165) is 29.0 Å². The van der Waals surface area contributed by atoms with Gasteiger partial charge in [-0.3, -0.25) is 19.7 Å². The first kappa shape index (κ1) is 24.3. The average molecular weight is 468 g/mol. The van der Waals surface area contributed by atoms with Crippen LogP contribution in [-0.2, 0) is 24.3 Å². The van der Waals surface area contributed by atoms with Crippen LogP contribution in [0.4, 0.5) is 11.4 Å². The van der Waals surface area contributed by atoms with Crippen molar-refractivity contribution in [2.45, 2.75) is 23.6 Å². The molecule has 0 spiro atoms. The maximum atomic E-state index is 12.3. The monoisotopic (exact) mass is 467 g/mol. The number of nitro groups is 1. The van der Waals surface area contributed by atoms with Gasteiger partial charge in [0.05, 0.1) is 14.7 Å². The third-order valence-corrected chi connectivity index (χ3v) is 6.28. The predicted molar refractivity (Wildman–Crippen MR) is 116 cm³/mol. The van der Waals surface area contributed by atoms with Crippen molar-refractivity contribution in [2.24, 2.45) is 0 Å². The number of thioether (sulfide) groups is 1. The van der Waals surface area contributed by atoms with Gasteiger partial charge in [-0.1, -0.05) is 12.1 Å². The van der Waals surface area contributed by atoms with Crippen molar-refractivity contribution in [2.75, 3.05) is 24.7 Å². The Labute approximate surface area is 183 Å². The number of hydrogen-bond donors (Lipinski definition) is 2. The summed E-state index contributed by atoms with van der Waals surface area (Å²) in [4.78, 5) is 34.2. The van der Waals surface area contributed by atoms with E-state index in [0.29, 0.717) is 10.6 Å². The summed E-state index contributed by atoms with van der Waals surface area (Å²) in [5.74, 6) is -1.55. The van der Waals surface area contributed by atoms with Gasteiger partial charge in [-0.15, -0.1) is 11.8 Å². The van der Waals surface area contributed by atoms with E-state index in [1.165, 1.54) is 12.1 Å². The van der Waals surface area contributed by atoms with Gasteiger partial charge in [-0.25, -0.2) is 8.42 Å². The fourth-order valence-electron chi connectivity index (χ4n) is 2.47. The molecular weight excluding hydrogens is 446 g/mol. The summed E-state index contributed by atoms with van der Waals surface area (Å²) in [6, 6.07) is 8.92. The lowest BCUT2D eigenvalue weighted by molar-refractivity contribution is -0.388. The number of carbonyl (C=O) groups excluding carboxylic acids is 2. The Morgan fingerprint density at radius 3 is 2.52 bits per heavy atom. The second kappa shape index (κ2) is 10.4. The highest BCUT2D eigenvalue weighted by molar-refractivity contribution is 7.98. The molecule has 166 valence electrons. The maximum Gasteiger partial charge on any atom is 0.321 e. The molecule has 0 radical (unpaired) electrons. The van der Waals surface area contributed by atoms with Crippen LogP contribution in [0.1, 0.15) is 11.1 Å².